The molecule has 2 fully saturated rings. The Balaban J connectivity index is 1.83. The Morgan fingerprint density at radius 2 is 0.912 bits per heavy atom. The van der Waals surface area contributed by atoms with Crippen molar-refractivity contribution < 1.29 is 48.7 Å². The Morgan fingerprint density at radius 1 is 0.544 bits per heavy atom. The van der Waals surface area contributed by atoms with E-state index in [1.54, 1.807) is 58.0 Å². The van der Waals surface area contributed by atoms with E-state index in [4.69, 9.17) is 4.84 Å². The number of rotatable bonds is 7. The first kappa shape index (κ1) is 41.0. The molecule has 1 aliphatic heterocycles. The molecule has 57 heavy (non-hydrogen) atoms. The van der Waals surface area contributed by atoms with Crippen LogP contribution in [0.4, 0.5) is 43.9 Å². The van der Waals surface area contributed by atoms with E-state index in [1.807, 2.05) is 38.1 Å². The van der Waals surface area contributed by atoms with Crippen molar-refractivity contribution in [3.8, 4) is 0 Å². The third kappa shape index (κ3) is 5.88. The fourth-order valence-corrected chi connectivity index (χ4v) is 17.3. The van der Waals surface area contributed by atoms with E-state index < -0.39 is 101 Å². The van der Waals surface area contributed by atoms with E-state index in [9.17, 15) is 8.78 Å². The molecule has 0 unspecified atom stereocenters. The monoisotopic (exact) mass is 817 g/mol. The predicted molar refractivity (Wildman–Crippen MR) is 204 cm³/mol. The molecule has 14 heteroatoms. The zero-order valence-corrected chi connectivity index (χ0v) is 32.9. The van der Waals surface area contributed by atoms with Crippen molar-refractivity contribution >= 4 is 35.2 Å². The molecule has 1 heterocycles. The van der Waals surface area contributed by atoms with E-state index in [1.165, 1.54) is 0 Å². The number of benzene rings is 5. The summed E-state index contributed by atoms with van der Waals surface area (Å²) in [5, 5.41) is 1.09. The van der Waals surface area contributed by atoms with Gasteiger partial charge in [-0.2, -0.15) is 0 Å². The van der Waals surface area contributed by atoms with Gasteiger partial charge in [0.05, 0.1) is 12.3 Å². The number of hydrogen-bond acceptors (Lipinski definition) is 2. The quantitative estimate of drug-likeness (QED) is 0.0534. The first-order chi connectivity index (χ1) is 26.9. The highest BCUT2D eigenvalue weighted by Gasteiger charge is 2.74. The Hall–Kier alpha value is -4.19. The maximum atomic E-state index is 17.0. The summed E-state index contributed by atoms with van der Waals surface area (Å²) in [6.45, 7) is 10.3. The van der Waals surface area contributed by atoms with Crippen LogP contribution >= 0.6 is 7.41 Å². The highest BCUT2D eigenvalue weighted by molar-refractivity contribution is 7.91. The molecule has 5 aromatic rings. The highest BCUT2D eigenvalue weighted by Crippen LogP contribution is 2.79. The van der Waals surface area contributed by atoms with E-state index in [2.05, 4.69) is 0 Å². The minimum Gasteiger partial charge on any atom is -0.301 e. The smallest absolute Gasteiger partial charge is 0.212 e. The van der Waals surface area contributed by atoms with Gasteiger partial charge in [0.25, 0.3) is 0 Å². The Kier molecular flexibility index (Phi) is 10.7. The second-order valence-electron chi connectivity index (χ2n) is 15.6. The lowest BCUT2D eigenvalue weighted by Gasteiger charge is -2.50. The standard InChI is InChI=1S/C43H39BF10NOP/c1-21-16-23(3)42(24(4)17-21)57(43-25(5)18-22(2)19-26(43)6)29-15-11-10-14-28(29)44(55(57)56-20-27-12-8-7-9-13-27,30-32(45)36(49)40(53)37(50)33(30)46)31-34(47)38(51)41(54)39(52)35(31)48/h7-9,12-13,16-19,28-29H,10-11,14-15,20H2,1-6H3/t28-,29-/m1/s1. The third-order valence-corrected chi connectivity index (χ3v) is 17.5. The van der Waals surface area contributed by atoms with Gasteiger partial charge in [-0.25, -0.2) is 48.6 Å². The summed E-state index contributed by atoms with van der Waals surface area (Å²) < 4.78 is 162. The van der Waals surface area contributed by atoms with Gasteiger partial charge in [-0.3, -0.25) is 0 Å². The molecular formula is C43H39BF10NOP. The van der Waals surface area contributed by atoms with Gasteiger partial charge in [-0.15, -0.1) is 10.9 Å². The minimum absolute atomic E-state index is 0.148. The van der Waals surface area contributed by atoms with Crippen LogP contribution in [0.1, 0.15) is 64.6 Å². The summed E-state index contributed by atoms with van der Waals surface area (Å²) in [5.74, 6) is -26.2. The fraction of sp³-hybridized carbons (Fsp3) is 0.302. The lowest BCUT2D eigenvalue weighted by molar-refractivity contribution is -0.0333. The second kappa shape index (κ2) is 14.9. The number of halogens is 10. The van der Waals surface area contributed by atoms with Crippen LogP contribution in [0, 0.1) is 99.7 Å². The van der Waals surface area contributed by atoms with Crippen LogP contribution in [-0.4, -0.2) is 16.7 Å². The summed E-state index contributed by atoms with van der Waals surface area (Å²) in [7, 11) is -3.94. The normalized spacial score (nSPS) is 18.9. The van der Waals surface area contributed by atoms with Crippen molar-refractivity contribution in [2.45, 2.75) is 85.3 Å². The molecule has 0 N–H and O–H groups in total. The van der Waals surface area contributed by atoms with Gasteiger partial charge in [0.2, 0.25) is 6.28 Å². The van der Waals surface area contributed by atoms with E-state index in [0.29, 0.717) is 44.8 Å². The minimum atomic E-state index is -4.51. The Bertz CT molecular complexity index is 2210. The van der Waals surface area contributed by atoms with Crippen LogP contribution in [-0.2, 0) is 11.4 Å². The zero-order valence-electron chi connectivity index (χ0n) is 32.0. The van der Waals surface area contributed by atoms with Gasteiger partial charge in [0, 0.05) is 0 Å². The summed E-state index contributed by atoms with van der Waals surface area (Å²) >= 11 is 0. The van der Waals surface area contributed by atoms with Crippen molar-refractivity contribution in [2.75, 3.05) is 0 Å². The highest BCUT2D eigenvalue weighted by atomic mass is 31.2. The maximum Gasteiger partial charge on any atom is 0.212 e. The van der Waals surface area contributed by atoms with Crippen LogP contribution < -0.4 is 21.5 Å². The average Bonchev–Trinajstić information content (AvgIpc) is 3.39. The van der Waals surface area contributed by atoms with Gasteiger partial charge in [-0.05, 0) is 82.2 Å². The number of nitrogens with zero attached hydrogens (tertiary/aromatic N) is 1. The van der Waals surface area contributed by atoms with Gasteiger partial charge in [-0.1, -0.05) is 84.4 Å². The van der Waals surface area contributed by atoms with Crippen LogP contribution in [0.5, 0.6) is 0 Å². The molecule has 1 aliphatic carbocycles. The van der Waals surface area contributed by atoms with Crippen LogP contribution in [0.25, 0.3) is 0 Å². The van der Waals surface area contributed by atoms with Gasteiger partial charge < -0.3 is 4.84 Å². The summed E-state index contributed by atoms with van der Waals surface area (Å²) in [6.07, 6.45) is -3.77. The molecule has 1 saturated carbocycles. The van der Waals surface area contributed by atoms with Crippen LogP contribution in [0.2, 0.25) is 5.82 Å². The van der Waals surface area contributed by atoms with E-state index in [0.717, 1.165) is 15.9 Å². The third-order valence-electron chi connectivity index (χ3n) is 12.1. The largest absolute Gasteiger partial charge is 0.301 e. The molecule has 2 atom stereocenters. The van der Waals surface area contributed by atoms with Crippen molar-refractivity contribution in [1.82, 2.24) is 4.74 Å². The molecule has 0 radical (unpaired) electrons. The Labute approximate surface area is 325 Å². The lowest BCUT2D eigenvalue weighted by atomic mass is 9.20. The van der Waals surface area contributed by atoms with Crippen molar-refractivity contribution in [1.29, 1.82) is 0 Å². The summed E-state index contributed by atoms with van der Waals surface area (Å²) in [5.41, 5.74) is 0.231. The molecule has 0 aromatic heterocycles. The van der Waals surface area contributed by atoms with E-state index >= 15 is 35.1 Å². The zero-order chi connectivity index (χ0) is 41.5. The molecule has 7 rings (SSSR count). The van der Waals surface area contributed by atoms with Gasteiger partial charge in [0.15, 0.2) is 34.9 Å². The molecule has 300 valence electrons. The molecule has 0 amide bonds. The maximum absolute atomic E-state index is 17.0. The van der Waals surface area contributed by atoms with Crippen molar-refractivity contribution in [2.24, 2.45) is 0 Å². The SMILES string of the molecule is Cc1cc(C)c([P+]2(c3c(C)cc(C)cc3C)[C@@H]3CCCC[C@H]3[B-](c3c(F)c(F)c(F)c(F)c3F)(c3c(F)c(F)c(F)c(F)c3F)N2OCc2ccccc2)c(C)c1. The lowest BCUT2D eigenvalue weighted by Crippen LogP contribution is -2.73. The second-order valence-corrected chi connectivity index (χ2v) is 18.9. The summed E-state index contributed by atoms with van der Waals surface area (Å²) in [6, 6.07) is 15.6. The Morgan fingerprint density at radius 3 is 1.32 bits per heavy atom. The van der Waals surface area contributed by atoms with Crippen LogP contribution in [0.15, 0.2) is 54.6 Å². The molecule has 2 aliphatic rings. The summed E-state index contributed by atoms with van der Waals surface area (Å²) in [4.78, 5) is 6.82. The molecule has 2 nitrogen and oxygen atoms in total. The van der Waals surface area contributed by atoms with E-state index in [-0.39, 0.29) is 19.3 Å². The number of fused-ring (bicyclic) bond motifs is 1. The van der Waals surface area contributed by atoms with Crippen molar-refractivity contribution in [3.63, 3.8) is 0 Å². The fourth-order valence-electron chi connectivity index (χ4n) is 10.6. The van der Waals surface area contributed by atoms with Crippen molar-refractivity contribution in [3.05, 3.63) is 152 Å². The van der Waals surface area contributed by atoms with Gasteiger partial charge >= 0.3 is 0 Å². The average molecular weight is 818 g/mol. The van der Waals surface area contributed by atoms with Gasteiger partial charge in [0.1, 0.15) is 41.3 Å². The molecule has 0 bridgehead atoms. The first-order valence-corrected chi connectivity index (χ1v) is 20.5. The predicted octanol–water partition coefficient (Wildman–Crippen LogP) is 10.3. The molecular weight excluding hydrogens is 778 g/mol. The molecule has 1 saturated heterocycles. The topological polar surface area (TPSA) is 12.5 Å². The number of hydrogen-bond donors (Lipinski definition) is 0. The number of aryl methyl sites for hydroxylation is 6. The molecule has 5 aromatic carbocycles. The van der Waals surface area contributed by atoms with Crippen LogP contribution in [0.3, 0.4) is 0 Å². The first-order valence-electron chi connectivity index (χ1n) is 18.7. The molecule has 0 spiro atoms.